The summed E-state index contributed by atoms with van der Waals surface area (Å²) in [7, 11) is 0. The molecule has 0 radical (unpaired) electrons. The molecule has 0 aliphatic heterocycles. The van der Waals surface area contributed by atoms with E-state index in [4.69, 9.17) is 4.74 Å². The van der Waals surface area contributed by atoms with Crippen LogP contribution in [-0.4, -0.2) is 12.1 Å². The molecule has 0 aromatic heterocycles. The minimum Gasteiger partial charge on any atom is -0.458 e. The van der Waals surface area contributed by atoms with Crippen LogP contribution in [0.2, 0.25) is 0 Å². The summed E-state index contributed by atoms with van der Waals surface area (Å²) in [5, 5.41) is 0. The lowest BCUT2D eigenvalue weighted by Gasteiger charge is -2.23. The quantitative estimate of drug-likeness (QED) is 0.682. The first-order chi connectivity index (χ1) is 7.87. The molecule has 1 saturated carbocycles. The summed E-state index contributed by atoms with van der Waals surface area (Å²) in [6, 6.07) is 0. The lowest BCUT2D eigenvalue weighted by atomic mass is 9.82. The number of rotatable bonds is 2. The summed E-state index contributed by atoms with van der Waals surface area (Å²) >= 11 is 0. The molecule has 2 nitrogen and oxygen atoms in total. The minimum atomic E-state index is -0.168. The Hall–Kier alpha value is -1.05. The van der Waals surface area contributed by atoms with Gasteiger partial charge in [-0.3, -0.25) is 4.79 Å². The second kappa shape index (κ2) is 4.32. The molecule has 0 unspecified atom stereocenters. The largest absolute Gasteiger partial charge is 0.458 e. The Balaban J connectivity index is 2.12. The van der Waals surface area contributed by atoms with E-state index in [1.165, 1.54) is 18.1 Å². The molecule has 1 fully saturated rings. The van der Waals surface area contributed by atoms with Gasteiger partial charge in [-0.15, -0.1) is 0 Å². The zero-order chi connectivity index (χ0) is 12.6. The fourth-order valence-corrected chi connectivity index (χ4v) is 3.03. The Kier molecular flexibility index (Phi) is 3.15. The number of carbonyl (C=O) groups is 1. The zero-order valence-electron chi connectivity index (χ0n) is 11.2. The number of ether oxygens (including phenoxy) is 1. The second-order valence-electron chi connectivity index (χ2n) is 6.35. The maximum atomic E-state index is 11.1. The average Bonchev–Trinajstić information content (AvgIpc) is 2.68. The SMILES string of the molecule is CC(=O)O[C@H]1C[C@@H](CC(C)(C)C)C2=CCC=C21. The number of hydrogen-bond donors (Lipinski definition) is 0. The lowest BCUT2D eigenvalue weighted by molar-refractivity contribution is -0.144. The van der Waals surface area contributed by atoms with Crippen LogP contribution in [0.3, 0.4) is 0 Å². The van der Waals surface area contributed by atoms with Crippen molar-refractivity contribution in [2.75, 3.05) is 0 Å². The summed E-state index contributed by atoms with van der Waals surface area (Å²) in [4.78, 5) is 11.1. The molecule has 2 aliphatic carbocycles. The van der Waals surface area contributed by atoms with Crippen molar-refractivity contribution in [3.63, 3.8) is 0 Å². The van der Waals surface area contributed by atoms with E-state index >= 15 is 0 Å². The van der Waals surface area contributed by atoms with Crippen LogP contribution in [0.1, 0.15) is 47.0 Å². The Morgan fingerprint density at radius 1 is 1.35 bits per heavy atom. The molecule has 0 heterocycles. The van der Waals surface area contributed by atoms with Crippen LogP contribution < -0.4 is 0 Å². The van der Waals surface area contributed by atoms with Crippen LogP contribution in [0.5, 0.6) is 0 Å². The van der Waals surface area contributed by atoms with Crippen molar-refractivity contribution >= 4 is 5.97 Å². The third kappa shape index (κ3) is 2.80. The predicted molar refractivity (Wildman–Crippen MR) is 68.5 cm³/mol. The summed E-state index contributed by atoms with van der Waals surface area (Å²) in [5.41, 5.74) is 3.03. The average molecular weight is 234 g/mol. The highest BCUT2D eigenvalue weighted by atomic mass is 16.5. The summed E-state index contributed by atoms with van der Waals surface area (Å²) in [6.07, 6.45) is 7.65. The number of allylic oxidation sites excluding steroid dienone is 2. The van der Waals surface area contributed by atoms with Crippen LogP contribution in [0.15, 0.2) is 23.3 Å². The van der Waals surface area contributed by atoms with Gasteiger partial charge in [-0.25, -0.2) is 0 Å². The molecule has 2 rings (SSSR count). The van der Waals surface area contributed by atoms with Gasteiger partial charge in [-0.05, 0) is 41.7 Å². The Morgan fingerprint density at radius 3 is 2.59 bits per heavy atom. The molecule has 0 spiro atoms. The molecular formula is C15H22O2. The summed E-state index contributed by atoms with van der Waals surface area (Å²) in [5.74, 6) is 0.395. The van der Waals surface area contributed by atoms with Crippen molar-refractivity contribution in [3.8, 4) is 0 Å². The van der Waals surface area contributed by atoms with Crippen molar-refractivity contribution < 1.29 is 9.53 Å². The molecule has 2 aliphatic rings. The van der Waals surface area contributed by atoms with Gasteiger partial charge in [0.15, 0.2) is 0 Å². The molecule has 0 N–H and O–H groups in total. The van der Waals surface area contributed by atoms with Gasteiger partial charge in [0, 0.05) is 6.92 Å². The van der Waals surface area contributed by atoms with Crippen LogP contribution in [0.4, 0.5) is 0 Å². The number of esters is 1. The first kappa shape index (κ1) is 12.4. The fourth-order valence-electron chi connectivity index (χ4n) is 3.03. The Bertz CT molecular complexity index is 382. The van der Waals surface area contributed by atoms with E-state index in [1.807, 2.05) is 0 Å². The van der Waals surface area contributed by atoms with Crippen molar-refractivity contribution in [1.82, 2.24) is 0 Å². The highest BCUT2D eigenvalue weighted by Crippen LogP contribution is 2.46. The fraction of sp³-hybridized carbons (Fsp3) is 0.667. The molecule has 94 valence electrons. The third-order valence-corrected chi connectivity index (χ3v) is 3.46. The van der Waals surface area contributed by atoms with Crippen LogP contribution in [-0.2, 0) is 9.53 Å². The summed E-state index contributed by atoms with van der Waals surface area (Å²) in [6.45, 7) is 8.30. The molecule has 2 heteroatoms. The summed E-state index contributed by atoms with van der Waals surface area (Å²) < 4.78 is 5.42. The molecule has 0 aromatic rings. The van der Waals surface area contributed by atoms with Crippen LogP contribution >= 0.6 is 0 Å². The van der Waals surface area contributed by atoms with E-state index in [9.17, 15) is 4.79 Å². The van der Waals surface area contributed by atoms with Gasteiger partial charge >= 0.3 is 5.97 Å². The second-order valence-corrected chi connectivity index (χ2v) is 6.35. The highest BCUT2D eigenvalue weighted by molar-refractivity contribution is 5.67. The third-order valence-electron chi connectivity index (χ3n) is 3.46. The molecule has 0 saturated heterocycles. The number of hydrogen-bond acceptors (Lipinski definition) is 2. The Labute approximate surface area is 104 Å². The zero-order valence-corrected chi connectivity index (χ0v) is 11.2. The predicted octanol–water partition coefficient (Wildman–Crippen LogP) is 3.63. The standard InChI is InChI=1S/C15H22O2/c1-10(16)17-14-8-11(9-15(2,3)4)12-6-5-7-13(12)14/h6-7,11,14H,5,8-9H2,1-4H3/t11-,14-/m0/s1. The van der Waals surface area contributed by atoms with E-state index < -0.39 is 0 Å². The monoisotopic (exact) mass is 234 g/mol. The van der Waals surface area contributed by atoms with Gasteiger partial charge in [0.25, 0.3) is 0 Å². The smallest absolute Gasteiger partial charge is 0.303 e. The van der Waals surface area contributed by atoms with Crippen molar-refractivity contribution in [1.29, 1.82) is 0 Å². The first-order valence-corrected chi connectivity index (χ1v) is 6.44. The molecule has 2 atom stereocenters. The van der Waals surface area contributed by atoms with Gasteiger partial charge in [0.2, 0.25) is 0 Å². The van der Waals surface area contributed by atoms with Crippen molar-refractivity contribution in [3.05, 3.63) is 23.3 Å². The highest BCUT2D eigenvalue weighted by Gasteiger charge is 2.38. The van der Waals surface area contributed by atoms with E-state index in [1.54, 1.807) is 0 Å². The molecule has 0 aromatic carbocycles. The normalized spacial score (nSPS) is 27.5. The van der Waals surface area contributed by atoms with Gasteiger partial charge in [0.1, 0.15) is 6.10 Å². The number of fused-ring (bicyclic) bond motifs is 1. The van der Waals surface area contributed by atoms with Gasteiger partial charge in [0.05, 0.1) is 0 Å². The lowest BCUT2D eigenvalue weighted by Crippen LogP contribution is -2.16. The van der Waals surface area contributed by atoms with E-state index in [0.29, 0.717) is 11.3 Å². The first-order valence-electron chi connectivity index (χ1n) is 6.44. The van der Waals surface area contributed by atoms with Gasteiger partial charge in [-0.2, -0.15) is 0 Å². The van der Waals surface area contributed by atoms with Crippen LogP contribution in [0.25, 0.3) is 0 Å². The van der Waals surface area contributed by atoms with Gasteiger partial charge < -0.3 is 4.74 Å². The van der Waals surface area contributed by atoms with E-state index in [2.05, 4.69) is 32.9 Å². The molecular weight excluding hydrogens is 212 g/mol. The Morgan fingerprint density at radius 2 is 2.00 bits per heavy atom. The number of carbonyl (C=O) groups excluding carboxylic acids is 1. The topological polar surface area (TPSA) is 26.3 Å². The molecule has 0 bridgehead atoms. The van der Waals surface area contributed by atoms with Gasteiger partial charge in [-0.1, -0.05) is 32.9 Å². The van der Waals surface area contributed by atoms with E-state index in [0.717, 1.165) is 19.3 Å². The maximum absolute atomic E-state index is 11.1. The molecule has 17 heavy (non-hydrogen) atoms. The minimum absolute atomic E-state index is 0.00796. The van der Waals surface area contributed by atoms with Crippen molar-refractivity contribution in [2.24, 2.45) is 11.3 Å². The maximum Gasteiger partial charge on any atom is 0.303 e. The van der Waals surface area contributed by atoms with Crippen LogP contribution in [0, 0.1) is 11.3 Å². The van der Waals surface area contributed by atoms with Crippen molar-refractivity contribution in [2.45, 2.75) is 53.1 Å². The van der Waals surface area contributed by atoms with E-state index in [-0.39, 0.29) is 12.1 Å². The molecule has 0 amide bonds.